The van der Waals surface area contributed by atoms with Gasteiger partial charge in [0.05, 0.1) is 5.97 Å². The Morgan fingerprint density at radius 3 is 2.71 bits per heavy atom. The number of carboxylic acid groups (broad SMARTS) is 1. The van der Waals surface area contributed by atoms with E-state index in [1.165, 1.54) is 12.3 Å². The topological polar surface area (TPSA) is 78.8 Å². The summed E-state index contributed by atoms with van der Waals surface area (Å²) in [6.07, 6.45) is 5.14. The predicted octanol–water partition coefficient (Wildman–Crippen LogP) is -2.73. The number of aromatic carboxylic acids is 1. The SMILES string of the molecule is O=C([O-])c1cnc2nc(C3CC3)ncc2c1.[Li+]. The van der Waals surface area contributed by atoms with Gasteiger partial charge in [-0.2, -0.15) is 0 Å². The van der Waals surface area contributed by atoms with Gasteiger partial charge in [0, 0.05) is 29.3 Å². The van der Waals surface area contributed by atoms with Gasteiger partial charge in [0.15, 0.2) is 5.65 Å². The van der Waals surface area contributed by atoms with Crippen molar-refractivity contribution in [2.75, 3.05) is 0 Å². The number of pyridine rings is 1. The molecule has 1 aliphatic carbocycles. The molecule has 0 spiro atoms. The van der Waals surface area contributed by atoms with Crippen LogP contribution in [-0.4, -0.2) is 20.9 Å². The normalized spacial score (nSPS) is 14.4. The van der Waals surface area contributed by atoms with Crippen molar-refractivity contribution < 1.29 is 28.8 Å². The summed E-state index contributed by atoms with van der Waals surface area (Å²) in [5.41, 5.74) is 0.595. The molecular weight excluding hydrogens is 213 g/mol. The summed E-state index contributed by atoms with van der Waals surface area (Å²) >= 11 is 0. The fourth-order valence-electron chi connectivity index (χ4n) is 1.59. The standard InChI is InChI=1S/C11H9N3O2.Li/c15-11(16)8-3-7-4-12-9(6-1-2-6)14-10(7)13-5-8;/h3-6H,1-2H2,(H,15,16);/q;+1/p-1. The third-order valence-corrected chi connectivity index (χ3v) is 2.63. The Kier molecular flexibility index (Phi) is 3.14. The Balaban J connectivity index is 0.00000108. The molecule has 0 amide bonds. The molecule has 2 heterocycles. The van der Waals surface area contributed by atoms with Crippen molar-refractivity contribution in [3.63, 3.8) is 0 Å². The van der Waals surface area contributed by atoms with Crippen molar-refractivity contribution in [1.82, 2.24) is 15.0 Å². The van der Waals surface area contributed by atoms with Crippen molar-refractivity contribution in [1.29, 1.82) is 0 Å². The number of carboxylic acids is 1. The van der Waals surface area contributed by atoms with Crippen LogP contribution in [0.1, 0.15) is 34.9 Å². The summed E-state index contributed by atoms with van der Waals surface area (Å²) in [4.78, 5) is 23.1. The van der Waals surface area contributed by atoms with Crippen LogP contribution in [0.25, 0.3) is 11.0 Å². The second-order valence-electron chi connectivity index (χ2n) is 3.93. The number of fused-ring (bicyclic) bond motifs is 1. The molecule has 1 saturated carbocycles. The Hall–Kier alpha value is -1.44. The number of nitrogens with zero attached hydrogens (tertiary/aromatic N) is 3. The molecule has 80 valence electrons. The number of carbonyl (C=O) groups is 1. The van der Waals surface area contributed by atoms with E-state index < -0.39 is 5.97 Å². The second-order valence-corrected chi connectivity index (χ2v) is 3.93. The fourth-order valence-corrected chi connectivity index (χ4v) is 1.59. The predicted molar refractivity (Wildman–Crippen MR) is 53.6 cm³/mol. The minimum atomic E-state index is -1.24. The van der Waals surface area contributed by atoms with Crippen molar-refractivity contribution in [3.05, 3.63) is 29.8 Å². The Labute approximate surface area is 109 Å². The molecular formula is C11H8LiN3O2. The van der Waals surface area contributed by atoms with Crippen LogP contribution in [0.15, 0.2) is 18.5 Å². The zero-order valence-corrected chi connectivity index (χ0v) is 9.38. The van der Waals surface area contributed by atoms with Gasteiger partial charge in [0.1, 0.15) is 5.82 Å². The molecule has 2 aromatic rings. The summed E-state index contributed by atoms with van der Waals surface area (Å²) in [6, 6.07) is 1.48. The van der Waals surface area contributed by atoms with Gasteiger partial charge in [0.2, 0.25) is 0 Å². The number of rotatable bonds is 2. The van der Waals surface area contributed by atoms with Crippen molar-refractivity contribution in [3.8, 4) is 0 Å². The van der Waals surface area contributed by atoms with Gasteiger partial charge >= 0.3 is 18.9 Å². The van der Waals surface area contributed by atoms with E-state index >= 15 is 0 Å². The van der Waals surface area contributed by atoms with E-state index in [9.17, 15) is 9.90 Å². The molecule has 5 nitrogen and oxygen atoms in total. The molecule has 1 aliphatic rings. The monoisotopic (exact) mass is 221 g/mol. The summed E-state index contributed by atoms with van der Waals surface area (Å²) in [7, 11) is 0. The largest absolute Gasteiger partial charge is 1.00 e. The van der Waals surface area contributed by atoms with Crippen molar-refractivity contribution in [2.24, 2.45) is 0 Å². The van der Waals surface area contributed by atoms with Gasteiger partial charge in [0.25, 0.3) is 0 Å². The summed E-state index contributed by atoms with van der Waals surface area (Å²) in [5, 5.41) is 11.3. The van der Waals surface area contributed by atoms with Crippen LogP contribution in [-0.2, 0) is 0 Å². The third-order valence-electron chi connectivity index (χ3n) is 2.63. The summed E-state index contributed by atoms with van der Waals surface area (Å²) < 4.78 is 0. The fraction of sp³-hybridized carbons (Fsp3) is 0.273. The second kappa shape index (κ2) is 4.44. The maximum absolute atomic E-state index is 10.6. The number of hydrogen-bond donors (Lipinski definition) is 0. The molecule has 0 aliphatic heterocycles. The Morgan fingerprint density at radius 2 is 2.06 bits per heavy atom. The average Bonchev–Trinajstić information content (AvgIpc) is 3.11. The van der Waals surface area contributed by atoms with Crippen LogP contribution in [0.2, 0.25) is 0 Å². The van der Waals surface area contributed by atoms with Gasteiger partial charge in [-0.15, -0.1) is 0 Å². The molecule has 2 aromatic heterocycles. The van der Waals surface area contributed by atoms with E-state index in [1.807, 2.05) is 0 Å². The van der Waals surface area contributed by atoms with Crippen LogP contribution < -0.4 is 24.0 Å². The van der Waals surface area contributed by atoms with Gasteiger partial charge < -0.3 is 9.90 Å². The first-order valence-electron chi connectivity index (χ1n) is 5.08. The van der Waals surface area contributed by atoms with Crippen LogP contribution >= 0.6 is 0 Å². The molecule has 0 unspecified atom stereocenters. The Bertz CT molecular complexity index is 584. The van der Waals surface area contributed by atoms with E-state index in [-0.39, 0.29) is 24.4 Å². The maximum Gasteiger partial charge on any atom is 1.00 e. The van der Waals surface area contributed by atoms with Crippen LogP contribution in [0.4, 0.5) is 0 Å². The van der Waals surface area contributed by atoms with Crippen LogP contribution in [0.5, 0.6) is 0 Å². The molecule has 0 N–H and O–H groups in total. The molecule has 17 heavy (non-hydrogen) atoms. The third kappa shape index (κ3) is 2.31. The minimum absolute atomic E-state index is 0. The molecule has 0 bridgehead atoms. The minimum Gasteiger partial charge on any atom is -0.545 e. The average molecular weight is 221 g/mol. The van der Waals surface area contributed by atoms with Gasteiger partial charge in [-0.1, -0.05) is 0 Å². The molecule has 6 heteroatoms. The van der Waals surface area contributed by atoms with E-state index in [1.54, 1.807) is 6.20 Å². The number of aromatic nitrogens is 3. The van der Waals surface area contributed by atoms with Crippen molar-refractivity contribution >= 4 is 17.0 Å². The van der Waals surface area contributed by atoms with E-state index in [4.69, 9.17) is 0 Å². The first-order valence-corrected chi connectivity index (χ1v) is 5.08. The molecule has 0 atom stereocenters. The molecule has 3 rings (SSSR count). The van der Waals surface area contributed by atoms with Gasteiger partial charge in [-0.3, -0.25) is 0 Å². The van der Waals surface area contributed by atoms with Crippen molar-refractivity contribution in [2.45, 2.75) is 18.8 Å². The number of hydrogen-bond acceptors (Lipinski definition) is 5. The smallest absolute Gasteiger partial charge is 0.545 e. The first-order chi connectivity index (χ1) is 7.74. The van der Waals surface area contributed by atoms with E-state index in [2.05, 4.69) is 15.0 Å². The van der Waals surface area contributed by atoms with Gasteiger partial charge in [-0.05, 0) is 18.9 Å². The molecule has 1 fully saturated rings. The first kappa shape index (κ1) is 12.0. The van der Waals surface area contributed by atoms with Crippen LogP contribution in [0, 0.1) is 0 Å². The quantitative estimate of drug-likeness (QED) is 0.514. The molecule has 0 saturated heterocycles. The molecule has 0 radical (unpaired) electrons. The maximum atomic E-state index is 10.6. The van der Waals surface area contributed by atoms with Gasteiger partial charge in [-0.25, -0.2) is 15.0 Å². The van der Waals surface area contributed by atoms with E-state index in [0.29, 0.717) is 17.0 Å². The summed E-state index contributed by atoms with van der Waals surface area (Å²) in [5.74, 6) is 0.0360. The number of carbonyl (C=O) groups excluding carboxylic acids is 1. The van der Waals surface area contributed by atoms with E-state index in [0.717, 1.165) is 18.7 Å². The zero-order chi connectivity index (χ0) is 11.1. The Morgan fingerprint density at radius 1 is 1.29 bits per heavy atom. The molecule has 0 aromatic carbocycles. The van der Waals surface area contributed by atoms with Crippen LogP contribution in [0.3, 0.4) is 0 Å². The zero-order valence-electron chi connectivity index (χ0n) is 9.38. The summed E-state index contributed by atoms with van der Waals surface area (Å²) in [6.45, 7) is 0.